The second-order valence-electron chi connectivity index (χ2n) is 8.12. The molecule has 2 aliphatic heterocycles. The van der Waals surface area contributed by atoms with Crippen molar-refractivity contribution in [1.82, 2.24) is 20.7 Å². The highest BCUT2D eigenvalue weighted by atomic mass is 16.2. The Bertz CT molecular complexity index is 802. The largest absolute Gasteiger partial charge is 0.357 e. The van der Waals surface area contributed by atoms with E-state index in [0.717, 1.165) is 38.3 Å². The summed E-state index contributed by atoms with van der Waals surface area (Å²) < 4.78 is 0. The number of anilines is 1. The molecule has 6 heteroatoms. The number of nitrogens with one attached hydrogen (secondary N) is 2. The average Bonchev–Trinajstić information content (AvgIpc) is 3.29. The maximum absolute atomic E-state index is 12.3. The van der Waals surface area contributed by atoms with E-state index >= 15 is 0 Å². The zero-order chi connectivity index (χ0) is 20.2. The quantitative estimate of drug-likeness (QED) is 0.818. The van der Waals surface area contributed by atoms with E-state index in [1.807, 2.05) is 26.1 Å². The highest BCUT2D eigenvalue weighted by molar-refractivity contribution is 5.93. The van der Waals surface area contributed by atoms with E-state index < -0.39 is 0 Å². The van der Waals surface area contributed by atoms with Crippen LogP contribution in [0.15, 0.2) is 48.7 Å². The zero-order valence-corrected chi connectivity index (χ0v) is 17.3. The lowest BCUT2D eigenvalue weighted by Crippen LogP contribution is -2.44. The van der Waals surface area contributed by atoms with Gasteiger partial charge < -0.3 is 9.80 Å². The molecule has 1 aromatic heterocycles. The molecule has 0 radical (unpaired) electrons. The van der Waals surface area contributed by atoms with E-state index in [2.05, 4.69) is 51.1 Å². The Labute approximate surface area is 173 Å². The van der Waals surface area contributed by atoms with Gasteiger partial charge in [-0.2, -0.15) is 0 Å². The van der Waals surface area contributed by atoms with Crippen LogP contribution in [0.2, 0.25) is 0 Å². The molecule has 2 saturated heterocycles. The van der Waals surface area contributed by atoms with Gasteiger partial charge >= 0.3 is 0 Å². The van der Waals surface area contributed by atoms with Crippen molar-refractivity contribution in [2.24, 2.45) is 5.92 Å². The van der Waals surface area contributed by atoms with Crippen LogP contribution in [0.4, 0.5) is 5.82 Å². The van der Waals surface area contributed by atoms with Crippen LogP contribution in [-0.4, -0.2) is 55.1 Å². The minimum Gasteiger partial charge on any atom is -0.357 e. The molecule has 2 atom stereocenters. The Morgan fingerprint density at radius 2 is 1.93 bits per heavy atom. The predicted octanol–water partition coefficient (Wildman–Crippen LogP) is 2.65. The molecule has 0 bridgehead atoms. The van der Waals surface area contributed by atoms with Gasteiger partial charge in [-0.3, -0.25) is 15.6 Å². The fourth-order valence-corrected chi connectivity index (χ4v) is 4.54. The molecule has 1 amide bonds. The number of benzene rings is 1. The number of carbonyl (C=O) groups excluding carboxylic acids is 1. The summed E-state index contributed by atoms with van der Waals surface area (Å²) in [5.74, 6) is 2.16. The van der Waals surface area contributed by atoms with Gasteiger partial charge in [0.15, 0.2) is 0 Å². The SMILES string of the molecule is CCN(C)C(=O)c1ccc(N2CCC(C3NNCC3c3ccccc3)CC2)nc1. The summed E-state index contributed by atoms with van der Waals surface area (Å²) in [6, 6.07) is 15.2. The minimum atomic E-state index is 0.0250. The zero-order valence-electron chi connectivity index (χ0n) is 17.3. The average molecular weight is 394 g/mol. The van der Waals surface area contributed by atoms with Gasteiger partial charge in [-0.25, -0.2) is 4.98 Å². The fourth-order valence-electron chi connectivity index (χ4n) is 4.54. The van der Waals surface area contributed by atoms with Gasteiger partial charge in [0.05, 0.1) is 5.56 Å². The first-order valence-corrected chi connectivity index (χ1v) is 10.7. The summed E-state index contributed by atoms with van der Waals surface area (Å²) in [6.45, 7) is 5.65. The first kappa shape index (κ1) is 19.9. The van der Waals surface area contributed by atoms with Gasteiger partial charge in [0.2, 0.25) is 0 Å². The number of piperidine rings is 1. The Hall–Kier alpha value is -2.44. The summed E-state index contributed by atoms with van der Waals surface area (Å²) in [5, 5.41) is 0. The number of hydrogen-bond acceptors (Lipinski definition) is 5. The topological polar surface area (TPSA) is 60.5 Å². The van der Waals surface area contributed by atoms with Gasteiger partial charge in [0.25, 0.3) is 5.91 Å². The third-order valence-corrected chi connectivity index (χ3v) is 6.44. The number of carbonyl (C=O) groups is 1. The van der Waals surface area contributed by atoms with Crippen molar-refractivity contribution in [3.05, 3.63) is 59.8 Å². The molecule has 0 aliphatic carbocycles. The molecule has 2 aromatic rings. The van der Waals surface area contributed by atoms with Crippen molar-refractivity contribution in [2.45, 2.75) is 31.7 Å². The Morgan fingerprint density at radius 1 is 1.17 bits per heavy atom. The molecule has 1 aromatic carbocycles. The highest BCUT2D eigenvalue weighted by Crippen LogP contribution is 2.33. The van der Waals surface area contributed by atoms with Crippen molar-refractivity contribution in [2.75, 3.05) is 38.1 Å². The van der Waals surface area contributed by atoms with E-state index in [1.54, 1.807) is 11.1 Å². The van der Waals surface area contributed by atoms with Gasteiger partial charge in [-0.1, -0.05) is 30.3 Å². The Morgan fingerprint density at radius 3 is 2.59 bits per heavy atom. The number of hydrazine groups is 1. The lowest BCUT2D eigenvalue weighted by atomic mass is 9.80. The molecule has 0 saturated carbocycles. The third-order valence-electron chi connectivity index (χ3n) is 6.44. The van der Waals surface area contributed by atoms with Crippen LogP contribution in [0, 0.1) is 5.92 Å². The third kappa shape index (κ3) is 4.28. The molecule has 2 unspecified atom stereocenters. The molecule has 6 nitrogen and oxygen atoms in total. The van der Waals surface area contributed by atoms with Gasteiger partial charge in [-0.15, -0.1) is 0 Å². The molecule has 3 heterocycles. The maximum Gasteiger partial charge on any atom is 0.255 e. The monoisotopic (exact) mass is 393 g/mol. The number of aromatic nitrogens is 1. The van der Waals surface area contributed by atoms with Crippen molar-refractivity contribution >= 4 is 11.7 Å². The fraction of sp³-hybridized carbons (Fsp3) is 0.478. The molecule has 2 aliphatic rings. The molecular weight excluding hydrogens is 362 g/mol. The van der Waals surface area contributed by atoms with Crippen LogP contribution in [0.3, 0.4) is 0 Å². The number of amides is 1. The van der Waals surface area contributed by atoms with Crippen LogP contribution in [0.25, 0.3) is 0 Å². The van der Waals surface area contributed by atoms with Crippen molar-refractivity contribution in [3.63, 3.8) is 0 Å². The van der Waals surface area contributed by atoms with E-state index in [-0.39, 0.29) is 5.91 Å². The van der Waals surface area contributed by atoms with Crippen LogP contribution in [-0.2, 0) is 0 Å². The number of nitrogens with zero attached hydrogens (tertiary/aromatic N) is 3. The van der Waals surface area contributed by atoms with Crippen LogP contribution < -0.4 is 15.8 Å². The second kappa shape index (κ2) is 8.93. The minimum absolute atomic E-state index is 0.0250. The summed E-state index contributed by atoms with van der Waals surface area (Å²) in [4.78, 5) is 20.9. The van der Waals surface area contributed by atoms with Crippen molar-refractivity contribution in [3.8, 4) is 0 Å². The van der Waals surface area contributed by atoms with E-state index in [4.69, 9.17) is 0 Å². The smallest absolute Gasteiger partial charge is 0.255 e. The Balaban J connectivity index is 1.36. The molecule has 154 valence electrons. The van der Waals surface area contributed by atoms with Crippen molar-refractivity contribution < 1.29 is 4.79 Å². The molecule has 2 fully saturated rings. The highest BCUT2D eigenvalue weighted by Gasteiger charge is 2.36. The molecule has 4 rings (SSSR count). The lowest BCUT2D eigenvalue weighted by Gasteiger charge is -2.37. The van der Waals surface area contributed by atoms with Crippen LogP contribution in [0.5, 0.6) is 0 Å². The van der Waals surface area contributed by atoms with Gasteiger partial charge in [-0.05, 0) is 43.4 Å². The number of pyridine rings is 1. The first-order chi connectivity index (χ1) is 14.2. The summed E-state index contributed by atoms with van der Waals surface area (Å²) in [5.41, 5.74) is 8.99. The standard InChI is InChI=1S/C23H31N5O/c1-3-27(2)23(29)19-9-10-21(24-15-19)28-13-11-18(12-14-28)22-20(16-25-26-22)17-7-5-4-6-8-17/h4-10,15,18,20,22,25-26H,3,11-14,16H2,1-2H3. The summed E-state index contributed by atoms with van der Waals surface area (Å²) in [7, 11) is 1.82. The number of rotatable bonds is 5. The molecule has 29 heavy (non-hydrogen) atoms. The Kier molecular flexibility index (Phi) is 6.11. The molecule has 0 spiro atoms. The van der Waals surface area contributed by atoms with Gasteiger partial charge in [0.1, 0.15) is 5.82 Å². The maximum atomic E-state index is 12.3. The van der Waals surface area contributed by atoms with E-state index in [0.29, 0.717) is 30.0 Å². The lowest BCUT2D eigenvalue weighted by molar-refractivity contribution is 0.0802. The summed E-state index contributed by atoms with van der Waals surface area (Å²) in [6.07, 6.45) is 4.00. The number of hydrogen-bond donors (Lipinski definition) is 2. The second-order valence-corrected chi connectivity index (χ2v) is 8.12. The van der Waals surface area contributed by atoms with E-state index in [1.165, 1.54) is 5.56 Å². The predicted molar refractivity (Wildman–Crippen MR) is 116 cm³/mol. The molecular formula is C23H31N5O. The molecule has 2 N–H and O–H groups in total. The van der Waals surface area contributed by atoms with E-state index in [9.17, 15) is 4.79 Å². The van der Waals surface area contributed by atoms with Crippen LogP contribution in [0.1, 0.15) is 41.6 Å². The van der Waals surface area contributed by atoms with Gasteiger partial charge in [0, 0.05) is 51.4 Å². The first-order valence-electron chi connectivity index (χ1n) is 10.7. The van der Waals surface area contributed by atoms with Crippen LogP contribution >= 0.6 is 0 Å². The van der Waals surface area contributed by atoms with Crippen molar-refractivity contribution in [1.29, 1.82) is 0 Å². The normalized spacial score (nSPS) is 22.6. The summed E-state index contributed by atoms with van der Waals surface area (Å²) >= 11 is 0.